The van der Waals surface area contributed by atoms with E-state index in [1.807, 2.05) is 0 Å². The lowest BCUT2D eigenvalue weighted by Gasteiger charge is -2.30. The van der Waals surface area contributed by atoms with Crippen molar-refractivity contribution in [2.24, 2.45) is 5.92 Å². The molecule has 0 amide bonds. The van der Waals surface area contributed by atoms with E-state index >= 15 is 0 Å². The Bertz CT molecular complexity index is 165. The molecule has 2 rings (SSSR count). The molecule has 2 aliphatic rings. The van der Waals surface area contributed by atoms with Crippen molar-refractivity contribution in [3.63, 3.8) is 0 Å². The molecule has 2 unspecified atom stereocenters. The topological polar surface area (TPSA) is 27.3 Å². The number of hydrogen-bond donors (Lipinski definition) is 2. The molecule has 0 aromatic heterocycles. The monoisotopic (exact) mass is 233 g/mol. The van der Waals surface area contributed by atoms with E-state index in [-0.39, 0.29) is 12.4 Å². The highest BCUT2D eigenvalue weighted by Gasteiger charge is 2.22. The van der Waals surface area contributed by atoms with Gasteiger partial charge in [0.2, 0.25) is 0 Å². The fourth-order valence-electron chi connectivity index (χ4n) is 2.65. The van der Waals surface area contributed by atoms with Crippen LogP contribution < -0.4 is 10.6 Å². The highest BCUT2D eigenvalue weighted by molar-refractivity contribution is 5.85. The lowest BCUT2D eigenvalue weighted by atomic mass is 9.98. The molecule has 0 saturated carbocycles. The van der Waals surface area contributed by atoms with Gasteiger partial charge < -0.3 is 15.5 Å². The lowest BCUT2D eigenvalue weighted by molar-refractivity contribution is 0.197. The summed E-state index contributed by atoms with van der Waals surface area (Å²) in [6, 6.07) is 0.789. The maximum atomic E-state index is 3.49. The molecule has 2 N–H and O–H groups in total. The van der Waals surface area contributed by atoms with Gasteiger partial charge in [0.25, 0.3) is 0 Å². The van der Waals surface area contributed by atoms with Gasteiger partial charge in [-0.25, -0.2) is 0 Å². The number of nitrogens with zero attached hydrogens (tertiary/aromatic N) is 1. The van der Waals surface area contributed by atoms with Crippen LogP contribution in [0.1, 0.15) is 19.3 Å². The lowest BCUT2D eigenvalue weighted by Crippen LogP contribution is -2.41. The summed E-state index contributed by atoms with van der Waals surface area (Å²) in [5.74, 6) is 0.884. The number of likely N-dealkylation sites (N-methyl/N-ethyl adjacent to an activating group) is 1. The zero-order valence-corrected chi connectivity index (χ0v) is 10.5. The Morgan fingerprint density at radius 2 is 1.93 bits per heavy atom. The van der Waals surface area contributed by atoms with Gasteiger partial charge in [0.05, 0.1) is 0 Å². The van der Waals surface area contributed by atoms with Crippen molar-refractivity contribution in [2.45, 2.75) is 25.3 Å². The molecule has 4 heteroatoms. The Balaban J connectivity index is 0.00000112. The zero-order valence-electron chi connectivity index (χ0n) is 9.67. The van der Waals surface area contributed by atoms with Gasteiger partial charge in [-0.2, -0.15) is 0 Å². The van der Waals surface area contributed by atoms with Gasteiger partial charge in [-0.1, -0.05) is 0 Å². The van der Waals surface area contributed by atoms with E-state index in [2.05, 4.69) is 22.6 Å². The maximum absolute atomic E-state index is 3.49. The second kappa shape index (κ2) is 6.69. The standard InChI is InChI=1S/C11H23N3.ClH/c1-14(11-4-6-13-8-11)9-10-3-2-5-12-7-10;/h10-13H,2-9H2,1H3;1H. The molecule has 0 aliphatic carbocycles. The molecule has 0 spiro atoms. The Morgan fingerprint density at radius 1 is 1.13 bits per heavy atom. The van der Waals surface area contributed by atoms with Crippen molar-refractivity contribution in [1.29, 1.82) is 0 Å². The third kappa shape index (κ3) is 3.91. The predicted octanol–water partition coefficient (Wildman–Crippen LogP) is 0.701. The number of nitrogens with one attached hydrogen (secondary N) is 2. The number of piperidine rings is 1. The van der Waals surface area contributed by atoms with Gasteiger partial charge in [-0.3, -0.25) is 0 Å². The summed E-state index contributed by atoms with van der Waals surface area (Å²) in [6.07, 6.45) is 4.11. The van der Waals surface area contributed by atoms with Crippen molar-refractivity contribution in [1.82, 2.24) is 15.5 Å². The van der Waals surface area contributed by atoms with Crippen LogP contribution in [0.2, 0.25) is 0 Å². The van der Waals surface area contributed by atoms with Crippen LogP contribution in [0.25, 0.3) is 0 Å². The van der Waals surface area contributed by atoms with E-state index in [0.29, 0.717) is 0 Å². The number of hydrogen-bond acceptors (Lipinski definition) is 3. The van der Waals surface area contributed by atoms with E-state index in [0.717, 1.165) is 12.0 Å². The molecule has 0 radical (unpaired) electrons. The van der Waals surface area contributed by atoms with Crippen LogP contribution >= 0.6 is 12.4 Å². The minimum atomic E-state index is 0. The van der Waals surface area contributed by atoms with Crippen LogP contribution in [0, 0.1) is 5.92 Å². The molecule has 15 heavy (non-hydrogen) atoms. The molecular formula is C11H24ClN3. The van der Waals surface area contributed by atoms with E-state index in [9.17, 15) is 0 Å². The van der Waals surface area contributed by atoms with Crippen LogP contribution in [0.15, 0.2) is 0 Å². The van der Waals surface area contributed by atoms with Gasteiger partial charge in [-0.05, 0) is 51.9 Å². The Labute approximate surface area is 99.4 Å². The van der Waals surface area contributed by atoms with E-state index in [1.54, 1.807) is 0 Å². The summed E-state index contributed by atoms with van der Waals surface area (Å²) in [6.45, 7) is 6.13. The molecule has 2 aliphatic heterocycles. The molecule has 2 saturated heterocycles. The predicted molar refractivity (Wildman–Crippen MR) is 66.7 cm³/mol. The smallest absolute Gasteiger partial charge is 0.0229 e. The first kappa shape index (κ1) is 13.2. The molecular weight excluding hydrogens is 210 g/mol. The minimum absolute atomic E-state index is 0. The Morgan fingerprint density at radius 3 is 2.53 bits per heavy atom. The summed E-state index contributed by atoms with van der Waals surface area (Å²) in [5, 5.41) is 6.92. The molecule has 0 aromatic carbocycles. The van der Waals surface area contributed by atoms with Crippen molar-refractivity contribution in [3.05, 3.63) is 0 Å². The SMILES string of the molecule is CN(CC1CCCNC1)C1CCNC1.Cl. The number of halogens is 1. The normalized spacial score (nSPS) is 31.6. The Hall–Kier alpha value is 0.170. The van der Waals surface area contributed by atoms with Crippen molar-refractivity contribution < 1.29 is 0 Å². The summed E-state index contributed by atoms with van der Waals surface area (Å²) in [4.78, 5) is 2.55. The molecule has 0 bridgehead atoms. The van der Waals surface area contributed by atoms with Crippen molar-refractivity contribution in [3.8, 4) is 0 Å². The first-order valence-corrected chi connectivity index (χ1v) is 5.98. The fourth-order valence-corrected chi connectivity index (χ4v) is 2.65. The van der Waals surface area contributed by atoms with Gasteiger partial charge in [0, 0.05) is 19.1 Å². The molecule has 90 valence electrons. The second-order valence-corrected chi connectivity index (χ2v) is 4.80. The van der Waals surface area contributed by atoms with Gasteiger partial charge >= 0.3 is 0 Å². The number of rotatable bonds is 3. The zero-order chi connectivity index (χ0) is 9.80. The third-order valence-electron chi connectivity index (χ3n) is 3.60. The molecule has 2 heterocycles. The molecule has 2 atom stereocenters. The first-order chi connectivity index (χ1) is 6.86. The van der Waals surface area contributed by atoms with Crippen LogP contribution in [-0.4, -0.2) is 50.7 Å². The molecule has 0 aromatic rings. The highest BCUT2D eigenvalue weighted by atomic mass is 35.5. The van der Waals surface area contributed by atoms with E-state index < -0.39 is 0 Å². The van der Waals surface area contributed by atoms with E-state index in [1.165, 1.54) is 52.0 Å². The van der Waals surface area contributed by atoms with Crippen LogP contribution in [-0.2, 0) is 0 Å². The second-order valence-electron chi connectivity index (χ2n) is 4.80. The summed E-state index contributed by atoms with van der Waals surface area (Å²) >= 11 is 0. The first-order valence-electron chi connectivity index (χ1n) is 5.98. The average molecular weight is 234 g/mol. The van der Waals surface area contributed by atoms with Gasteiger partial charge in [-0.15, -0.1) is 12.4 Å². The summed E-state index contributed by atoms with van der Waals surface area (Å²) in [5.41, 5.74) is 0. The van der Waals surface area contributed by atoms with Crippen LogP contribution in [0.4, 0.5) is 0 Å². The van der Waals surface area contributed by atoms with Crippen molar-refractivity contribution in [2.75, 3.05) is 39.8 Å². The molecule has 3 nitrogen and oxygen atoms in total. The van der Waals surface area contributed by atoms with Gasteiger partial charge in [0.1, 0.15) is 0 Å². The summed E-state index contributed by atoms with van der Waals surface area (Å²) in [7, 11) is 2.28. The maximum Gasteiger partial charge on any atom is 0.0229 e. The molecule has 2 fully saturated rings. The van der Waals surface area contributed by atoms with Crippen LogP contribution in [0.5, 0.6) is 0 Å². The van der Waals surface area contributed by atoms with Crippen LogP contribution in [0.3, 0.4) is 0 Å². The Kier molecular flexibility index (Phi) is 5.90. The largest absolute Gasteiger partial charge is 0.316 e. The summed E-state index contributed by atoms with van der Waals surface area (Å²) < 4.78 is 0. The minimum Gasteiger partial charge on any atom is -0.316 e. The third-order valence-corrected chi connectivity index (χ3v) is 3.60. The van der Waals surface area contributed by atoms with E-state index in [4.69, 9.17) is 0 Å². The van der Waals surface area contributed by atoms with Gasteiger partial charge in [0.15, 0.2) is 0 Å². The quantitative estimate of drug-likeness (QED) is 0.752. The highest BCUT2D eigenvalue weighted by Crippen LogP contribution is 2.14. The fraction of sp³-hybridized carbons (Fsp3) is 1.00. The average Bonchev–Trinajstić information content (AvgIpc) is 2.72. The van der Waals surface area contributed by atoms with Crippen molar-refractivity contribution >= 4 is 12.4 Å².